The molecule has 1 nitrogen and oxygen atoms in total. The van der Waals surface area contributed by atoms with Crippen LogP contribution in [0.3, 0.4) is 0 Å². The molecule has 0 N–H and O–H groups in total. The fourth-order valence-electron chi connectivity index (χ4n) is 1.47. The first-order valence-corrected chi connectivity index (χ1v) is 8.80. The van der Waals surface area contributed by atoms with Crippen molar-refractivity contribution >= 4 is 18.6 Å². The van der Waals surface area contributed by atoms with E-state index in [1.54, 1.807) is 0 Å². The molecule has 0 unspecified atom stereocenters. The van der Waals surface area contributed by atoms with Gasteiger partial charge in [0.1, 0.15) is 0 Å². The second kappa shape index (κ2) is 6.85. The van der Waals surface area contributed by atoms with Crippen LogP contribution in [0.25, 0.3) is 0 Å². The number of rotatable bonds is 7. The molecule has 0 amide bonds. The molecule has 0 spiro atoms. The molecule has 0 aliphatic rings. The lowest BCUT2D eigenvalue weighted by atomic mass is 10.4. The summed E-state index contributed by atoms with van der Waals surface area (Å²) in [6, 6.07) is 2.50. The third kappa shape index (κ3) is 5.04. The number of unbranched alkanes of at least 4 members (excludes halogenated alkanes) is 2. The van der Waals surface area contributed by atoms with Crippen LogP contribution in [0.1, 0.15) is 39.5 Å². The molecule has 3 heteroatoms. The summed E-state index contributed by atoms with van der Waals surface area (Å²) in [5.41, 5.74) is 0. The predicted octanol–water partition coefficient (Wildman–Crippen LogP) is 3.83. The number of nitrogens with zero attached hydrogens (tertiary/aromatic N) is 1. The van der Waals surface area contributed by atoms with Crippen LogP contribution in [0.2, 0.25) is 12.1 Å². The Morgan fingerprint density at radius 1 is 1.00 bits per heavy atom. The van der Waals surface area contributed by atoms with Gasteiger partial charge in [-0.2, -0.15) is 0 Å². The van der Waals surface area contributed by atoms with E-state index in [0.29, 0.717) is 0 Å². The van der Waals surface area contributed by atoms with E-state index < -0.39 is 7.55 Å². The van der Waals surface area contributed by atoms with Crippen LogP contribution in [0.5, 0.6) is 0 Å². The standard InChI is InChI=1S/C10H24ClNSi/c1-5-7-9-13(11,12(3)4)10-8-6-2/h5-10H2,1-4H3. The van der Waals surface area contributed by atoms with Crippen molar-refractivity contribution in [2.45, 2.75) is 51.6 Å². The van der Waals surface area contributed by atoms with Gasteiger partial charge >= 0.3 is 0 Å². The van der Waals surface area contributed by atoms with E-state index in [2.05, 4.69) is 32.5 Å². The van der Waals surface area contributed by atoms with Crippen LogP contribution < -0.4 is 0 Å². The minimum absolute atomic E-state index is 1.25. The van der Waals surface area contributed by atoms with E-state index in [1.807, 2.05) is 0 Å². The van der Waals surface area contributed by atoms with Crippen molar-refractivity contribution in [3.63, 3.8) is 0 Å². The van der Waals surface area contributed by atoms with Gasteiger partial charge in [0.25, 0.3) is 0 Å². The Morgan fingerprint density at radius 3 is 1.62 bits per heavy atom. The van der Waals surface area contributed by atoms with Crippen molar-refractivity contribution in [3.8, 4) is 0 Å². The highest BCUT2D eigenvalue weighted by molar-refractivity contribution is 7.18. The van der Waals surface area contributed by atoms with Gasteiger partial charge in [0.2, 0.25) is 7.55 Å². The predicted molar refractivity (Wildman–Crippen MR) is 64.7 cm³/mol. The smallest absolute Gasteiger partial charge is 0.228 e. The molecule has 13 heavy (non-hydrogen) atoms. The van der Waals surface area contributed by atoms with E-state index >= 15 is 0 Å². The maximum Gasteiger partial charge on any atom is 0.228 e. The van der Waals surface area contributed by atoms with Gasteiger partial charge in [-0.05, 0) is 26.2 Å². The van der Waals surface area contributed by atoms with Crippen LogP contribution in [-0.2, 0) is 0 Å². The fraction of sp³-hybridized carbons (Fsp3) is 1.00. The number of hydrogen-bond acceptors (Lipinski definition) is 1. The van der Waals surface area contributed by atoms with Crippen molar-refractivity contribution in [1.82, 2.24) is 4.57 Å². The van der Waals surface area contributed by atoms with Gasteiger partial charge < -0.3 is 4.57 Å². The Bertz CT molecular complexity index is 120. The Balaban J connectivity index is 4.00. The van der Waals surface area contributed by atoms with E-state index in [-0.39, 0.29) is 0 Å². The molecule has 0 bridgehead atoms. The van der Waals surface area contributed by atoms with Gasteiger partial charge in [0.15, 0.2) is 0 Å². The monoisotopic (exact) mass is 221 g/mol. The third-order valence-corrected chi connectivity index (χ3v) is 8.62. The molecule has 0 aliphatic heterocycles. The first kappa shape index (κ1) is 13.5. The molecule has 0 aromatic carbocycles. The molecule has 0 aromatic rings. The van der Waals surface area contributed by atoms with E-state index in [1.165, 1.54) is 37.8 Å². The normalized spacial score (nSPS) is 12.5. The molecule has 80 valence electrons. The zero-order valence-electron chi connectivity index (χ0n) is 9.57. The summed E-state index contributed by atoms with van der Waals surface area (Å²) in [5.74, 6) is 0. The molecule has 0 aliphatic carbocycles. The SMILES string of the molecule is CCCC[Si](Cl)(CCCC)N(C)C. The maximum absolute atomic E-state index is 6.70. The van der Waals surface area contributed by atoms with Crippen molar-refractivity contribution in [3.05, 3.63) is 0 Å². The molecule has 0 aromatic heterocycles. The van der Waals surface area contributed by atoms with Crippen molar-refractivity contribution in [1.29, 1.82) is 0 Å². The molecular formula is C10H24ClNSi. The third-order valence-electron chi connectivity index (χ3n) is 2.63. The molecule has 0 fully saturated rings. The maximum atomic E-state index is 6.70. The summed E-state index contributed by atoms with van der Waals surface area (Å²) in [6.45, 7) is 4.47. The highest BCUT2D eigenvalue weighted by Gasteiger charge is 2.32. The summed E-state index contributed by atoms with van der Waals surface area (Å²) in [7, 11) is 2.72. The molecule has 0 saturated heterocycles. The molecule has 0 saturated carbocycles. The number of hydrogen-bond donors (Lipinski definition) is 0. The van der Waals surface area contributed by atoms with E-state index in [4.69, 9.17) is 11.1 Å². The van der Waals surface area contributed by atoms with Crippen molar-refractivity contribution in [2.24, 2.45) is 0 Å². The van der Waals surface area contributed by atoms with Gasteiger partial charge in [-0.1, -0.05) is 39.5 Å². The minimum Gasteiger partial charge on any atom is -0.317 e. The Labute approximate surface area is 89.3 Å². The van der Waals surface area contributed by atoms with Gasteiger partial charge in [-0.25, -0.2) is 0 Å². The topological polar surface area (TPSA) is 3.24 Å². The number of halogens is 1. The summed E-state index contributed by atoms with van der Waals surface area (Å²) >= 11 is 6.70. The van der Waals surface area contributed by atoms with Crippen LogP contribution in [0.4, 0.5) is 0 Å². The quantitative estimate of drug-likeness (QED) is 0.467. The van der Waals surface area contributed by atoms with E-state index in [9.17, 15) is 0 Å². The molecule has 0 rings (SSSR count). The zero-order chi connectivity index (χ0) is 10.3. The van der Waals surface area contributed by atoms with Crippen molar-refractivity contribution in [2.75, 3.05) is 14.1 Å². The molecule has 0 heterocycles. The van der Waals surface area contributed by atoms with Gasteiger partial charge in [-0.3, -0.25) is 0 Å². The Morgan fingerprint density at radius 2 is 1.38 bits per heavy atom. The Hall–Kier alpha value is 0.467. The lowest BCUT2D eigenvalue weighted by Crippen LogP contribution is -2.44. The summed E-state index contributed by atoms with van der Waals surface area (Å²) in [5, 5.41) is 0. The van der Waals surface area contributed by atoms with E-state index in [0.717, 1.165) is 0 Å². The highest BCUT2D eigenvalue weighted by atomic mass is 35.6. The van der Waals surface area contributed by atoms with Crippen LogP contribution >= 0.6 is 11.1 Å². The summed E-state index contributed by atoms with van der Waals surface area (Å²) in [4.78, 5) is 0. The molecule has 0 radical (unpaired) electrons. The highest BCUT2D eigenvalue weighted by Crippen LogP contribution is 2.27. The first-order chi connectivity index (χ1) is 6.06. The minimum atomic E-state index is -1.56. The summed E-state index contributed by atoms with van der Waals surface area (Å²) in [6.07, 6.45) is 5.11. The van der Waals surface area contributed by atoms with Gasteiger partial charge in [0, 0.05) is 0 Å². The fourth-order valence-corrected chi connectivity index (χ4v) is 5.20. The van der Waals surface area contributed by atoms with Gasteiger partial charge in [0.05, 0.1) is 0 Å². The average molecular weight is 222 g/mol. The Kier molecular flexibility index (Phi) is 7.10. The summed E-state index contributed by atoms with van der Waals surface area (Å²) < 4.78 is 2.31. The lowest BCUT2D eigenvalue weighted by molar-refractivity contribution is 0.607. The second-order valence-electron chi connectivity index (χ2n) is 4.02. The van der Waals surface area contributed by atoms with Gasteiger partial charge in [-0.15, -0.1) is 11.1 Å². The van der Waals surface area contributed by atoms with Crippen LogP contribution in [-0.4, -0.2) is 26.2 Å². The first-order valence-electron chi connectivity index (χ1n) is 5.43. The molecule has 0 atom stereocenters. The largest absolute Gasteiger partial charge is 0.317 e. The lowest BCUT2D eigenvalue weighted by Gasteiger charge is -2.31. The average Bonchev–Trinajstić information content (AvgIpc) is 2.11. The van der Waals surface area contributed by atoms with Crippen LogP contribution in [0, 0.1) is 0 Å². The van der Waals surface area contributed by atoms with Crippen LogP contribution in [0.15, 0.2) is 0 Å². The van der Waals surface area contributed by atoms with Crippen molar-refractivity contribution < 1.29 is 0 Å². The zero-order valence-corrected chi connectivity index (χ0v) is 11.3. The second-order valence-corrected chi connectivity index (χ2v) is 9.86. The molecular weight excluding hydrogens is 198 g/mol.